The van der Waals surface area contributed by atoms with E-state index in [9.17, 15) is 0 Å². The van der Waals surface area contributed by atoms with Crippen molar-refractivity contribution in [3.8, 4) is 0 Å². The average Bonchev–Trinajstić information content (AvgIpc) is 2.44. The van der Waals surface area contributed by atoms with Crippen LogP contribution in [0.1, 0.15) is 46.4 Å². The Balaban J connectivity index is 2.04. The normalized spacial score (nSPS) is 17.2. The van der Waals surface area contributed by atoms with Gasteiger partial charge < -0.3 is 15.4 Å². The van der Waals surface area contributed by atoms with Gasteiger partial charge >= 0.3 is 0 Å². The summed E-state index contributed by atoms with van der Waals surface area (Å²) in [5.41, 5.74) is 6.29. The van der Waals surface area contributed by atoms with Gasteiger partial charge in [0, 0.05) is 25.8 Å². The first-order valence-corrected chi connectivity index (χ1v) is 7.86. The van der Waals surface area contributed by atoms with Gasteiger partial charge in [-0.25, -0.2) is 9.97 Å². The zero-order valence-electron chi connectivity index (χ0n) is 13.7. The molecule has 0 aliphatic carbocycles. The van der Waals surface area contributed by atoms with Gasteiger partial charge in [0.25, 0.3) is 0 Å². The van der Waals surface area contributed by atoms with Crippen LogP contribution in [0, 0.1) is 11.3 Å². The highest BCUT2D eigenvalue weighted by atomic mass is 16.5. The molecule has 0 radical (unpaired) electrons. The molecule has 0 spiro atoms. The van der Waals surface area contributed by atoms with Crippen LogP contribution in [0.4, 0.5) is 11.6 Å². The molecule has 1 saturated heterocycles. The number of aromatic nitrogens is 2. The number of hydrogen-bond donors (Lipinski definition) is 1. The van der Waals surface area contributed by atoms with Crippen LogP contribution >= 0.6 is 0 Å². The minimum absolute atomic E-state index is 0.386. The zero-order chi connectivity index (χ0) is 15.5. The van der Waals surface area contributed by atoms with Crippen molar-refractivity contribution in [2.75, 3.05) is 30.3 Å². The predicted octanol–water partition coefficient (Wildman–Crippen LogP) is 2.86. The van der Waals surface area contributed by atoms with Gasteiger partial charge in [-0.2, -0.15) is 0 Å². The molecule has 2 heterocycles. The molecule has 1 aromatic heterocycles. The van der Waals surface area contributed by atoms with Gasteiger partial charge in [0.2, 0.25) is 0 Å². The Bertz CT molecular complexity index is 462. The Kier molecular flexibility index (Phi) is 5.04. The van der Waals surface area contributed by atoms with Crippen molar-refractivity contribution in [1.29, 1.82) is 0 Å². The van der Waals surface area contributed by atoms with Gasteiger partial charge in [-0.05, 0) is 31.1 Å². The molecule has 21 heavy (non-hydrogen) atoms. The highest BCUT2D eigenvalue weighted by molar-refractivity contribution is 5.47. The second-order valence-electron chi connectivity index (χ2n) is 6.83. The number of nitrogens with zero attached hydrogens (tertiary/aromatic N) is 3. The molecule has 1 aliphatic heterocycles. The van der Waals surface area contributed by atoms with Crippen molar-refractivity contribution < 1.29 is 4.74 Å². The van der Waals surface area contributed by atoms with E-state index < -0.39 is 0 Å². The van der Waals surface area contributed by atoms with Crippen molar-refractivity contribution in [1.82, 2.24) is 9.97 Å². The number of hydrogen-bond acceptors (Lipinski definition) is 5. The predicted molar refractivity (Wildman–Crippen MR) is 86.2 cm³/mol. The summed E-state index contributed by atoms with van der Waals surface area (Å²) in [4.78, 5) is 11.1. The molecule has 0 saturated carbocycles. The summed E-state index contributed by atoms with van der Waals surface area (Å²) in [5, 5.41) is 0. The van der Waals surface area contributed by atoms with E-state index in [0.29, 0.717) is 30.3 Å². The Morgan fingerprint density at radius 2 is 1.95 bits per heavy atom. The molecule has 5 nitrogen and oxygen atoms in total. The third kappa shape index (κ3) is 4.30. The van der Waals surface area contributed by atoms with E-state index in [-0.39, 0.29) is 0 Å². The van der Waals surface area contributed by atoms with Crippen molar-refractivity contribution in [2.45, 2.75) is 47.1 Å². The van der Waals surface area contributed by atoms with Crippen LogP contribution in [0.5, 0.6) is 0 Å². The summed E-state index contributed by atoms with van der Waals surface area (Å²) in [6.45, 7) is 12.1. The van der Waals surface area contributed by atoms with Crippen molar-refractivity contribution >= 4 is 11.6 Å². The molecule has 2 rings (SSSR count). The quantitative estimate of drug-likeness (QED) is 0.924. The number of rotatable bonds is 4. The minimum atomic E-state index is 0.386. The van der Waals surface area contributed by atoms with Crippen LogP contribution in [-0.2, 0) is 11.3 Å². The Morgan fingerprint density at radius 1 is 1.29 bits per heavy atom. The molecule has 118 valence electrons. The molecule has 2 N–H and O–H groups in total. The van der Waals surface area contributed by atoms with Crippen LogP contribution < -0.4 is 10.6 Å². The lowest BCUT2D eigenvalue weighted by atomic mass is 9.75. The summed E-state index contributed by atoms with van der Waals surface area (Å²) >= 11 is 0. The third-order valence-corrected chi connectivity index (χ3v) is 4.26. The van der Waals surface area contributed by atoms with Crippen LogP contribution in [0.15, 0.2) is 6.07 Å². The number of anilines is 2. The molecular weight excluding hydrogens is 264 g/mol. The monoisotopic (exact) mass is 292 g/mol. The fourth-order valence-electron chi connectivity index (χ4n) is 2.90. The Hall–Kier alpha value is -1.36. The molecular formula is C16H28N4O. The van der Waals surface area contributed by atoms with E-state index in [4.69, 9.17) is 10.5 Å². The van der Waals surface area contributed by atoms with Gasteiger partial charge in [-0.15, -0.1) is 0 Å². The second kappa shape index (κ2) is 6.60. The largest absolute Gasteiger partial charge is 0.384 e. The fraction of sp³-hybridized carbons (Fsp3) is 0.750. The smallest absolute Gasteiger partial charge is 0.158 e. The Labute approximate surface area is 127 Å². The molecule has 5 heteroatoms. The molecule has 1 aliphatic rings. The zero-order valence-corrected chi connectivity index (χ0v) is 13.7. The molecule has 1 aromatic rings. The van der Waals surface area contributed by atoms with Crippen molar-refractivity contribution in [3.05, 3.63) is 11.9 Å². The lowest BCUT2D eigenvalue weighted by Crippen LogP contribution is -2.38. The molecule has 0 bridgehead atoms. The first-order chi connectivity index (χ1) is 9.90. The van der Waals surface area contributed by atoms with Gasteiger partial charge in [0.1, 0.15) is 18.2 Å². The number of nitrogens with two attached hydrogens (primary N) is 1. The van der Waals surface area contributed by atoms with Gasteiger partial charge in [0.05, 0.1) is 0 Å². The fourth-order valence-corrected chi connectivity index (χ4v) is 2.90. The highest BCUT2D eigenvalue weighted by Crippen LogP contribution is 2.35. The minimum Gasteiger partial charge on any atom is -0.384 e. The summed E-state index contributed by atoms with van der Waals surface area (Å²) in [6.07, 6.45) is 2.41. The van der Waals surface area contributed by atoms with E-state index in [1.165, 1.54) is 12.8 Å². The molecule has 0 unspecified atom stereocenters. The first-order valence-electron chi connectivity index (χ1n) is 7.86. The van der Waals surface area contributed by atoms with E-state index in [0.717, 1.165) is 24.8 Å². The third-order valence-electron chi connectivity index (χ3n) is 4.26. The average molecular weight is 292 g/mol. The maximum absolute atomic E-state index is 5.90. The molecule has 0 amide bonds. The molecule has 0 aromatic carbocycles. The standard InChI is InChI=1S/C16H28N4O/c1-5-21-11-14-18-13(17)10-15(19-14)20-8-6-12(7-9-20)16(2,3)4/h10,12H,5-9,11H2,1-4H3,(H2,17,18,19). The second-order valence-corrected chi connectivity index (χ2v) is 6.83. The van der Waals surface area contributed by atoms with Crippen LogP contribution in [0.2, 0.25) is 0 Å². The number of piperidine rings is 1. The topological polar surface area (TPSA) is 64.3 Å². The van der Waals surface area contributed by atoms with Crippen LogP contribution in [0.25, 0.3) is 0 Å². The maximum Gasteiger partial charge on any atom is 0.158 e. The summed E-state index contributed by atoms with van der Waals surface area (Å²) in [7, 11) is 0. The van der Waals surface area contributed by atoms with E-state index in [2.05, 4.69) is 35.6 Å². The summed E-state index contributed by atoms with van der Waals surface area (Å²) in [6, 6.07) is 1.87. The van der Waals surface area contributed by atoms with Gasteiger partial charge in [-0.1, -0.05) is 20.8 Å². The Morgan fingerprint density at radius 3 is 2.52 bits per heavy atom. The van der Waals surface area contributed by atoms with Gasteiger partial charge in [0.15, 0.2) is 5.82 Å². The molecule has 1 fully saturated rings. The van der Waals surface area contributed by atoms with E-state index in [1.807, 2.05) is 13.0 Å². The van der Waals surface area contributed by atoms with E-state index >= 15 is 0 Å². The lowest BCUT2D eigenvalue weighted by molar-refractivity contribution is 0.128. The SMILES string of the molecule is CCOCc1nc(N)cc(N2CCC(C(C)(C)C)CC2)n1. The summed E-state index contributed by atoms with van der Waals surface area (Å²) < 4.78 is 5.38. The lowest BCUT2D eigenvalue weighted by Gasteiger charge is -2.39. The number of nitrogen functional groups attached to an aromatic ring is 1. The first kappa shape index (κ1) is 16.0. The van der Waals surface area contributed by atoms with E-state index in [1.54, 1.807) is 0 Å². The van der Waals surface area contributed by atoms with Crippen LogP contribution in [0.3, 0.4) is 0 Å². The van der Waals surface area contributed by atoms with Crippen molar-refractivity contribution in [3.63, 3.8) is 0 Å². The summed E-state index contributed by atoms with van der Waals surface area (Å²) in [5.74, 6) is 2.90. The van der Waals surface area contributed by atoms with Crippen LogP contribution in [-0.4, -0.2) is 29.7 Å². The van der Waals surface area contributed by atoms with Crippen molar-refractivity contribution in [2.24, 2.45) is 11.3 Å². The maximum atomic E-state index is 5.90. The molecule has 0 atom stereocenters. The highest BCUT2D eigenvalue weighted by Gasteiger charge is 2.29. The number of ether oxygens (including phenoxy) is 1. The van der Waals surface area contributed by atoms with Gasteiger partial charge in [-0.3, -0.25) is 0 Å².